The Labute approximate surface area is 179 Å². The number of ether oxygens (including phenoxy) is 2. The number of aldehydes is 1. The molecule has 0 aromatic heterocycles. The van der Waals surface area contributed by atoms with Gasteiger partial charge in [-0.2, -0.15) is 0 Å². The smallest absolute Gasteiger partial charge is 0.293 e. The van der Waals surface area contributed by atoms with Crippen molar-refractivity contribution in [2.45, 2.75) is 98.8 Å². The van der Waals surface area contributed by atoms with Crippen LogP contribution in [0.3, 0.4) is 0 Å². The van der Waals surface area contributed by atoms with Crippen molar-refractivity contribution in [2.75, 3.05) is 20.7 Å². The molecule has 0 aromatic carbocycles. The Balaban J connectivity index is -0.000000152. The molecule has 0 heterocycles. The second-order valence-corrected chi connectivity index (χ2v) is 8.78. The molecule has 0 aliphatic heterocycles. The zero-order valence-corrected chi connectivity index (χ0v) is 20.8. The Kier molecular flexibility index (Phi) is 27.5. The molecule has 0 rings (SSSR count). The number of rotatable bonds is 9. The third-order valence-electron chi connectivity index (χ3n) is 3.07. The summed E-state index contributed by atoms with van der Waals surface area (Å²) in [7, 11) is 3.67. The van der Waals surface area contributed by atoms with Gasteiger partial charge in [-0.3, -0.25) is 9.59 Å². The van der Waals surface area contributed by atoms with Crippen LogP contribution in [0.1, 0.15) is 81.6 Å². The highest BCUT2D eigenvalue weighted by Crippen LogP contribution is 2.03. The van der Waals surface area contributed by atoms with E-state index in [0.29, 0.717) is 12.5 Å². The first-order valence-corrected chi connectivity index (χ1v) is 10.2. The van der Waals surface area contributed by atoms with Crippen LogP contribution in [-0.2, 0) is 23.9 Å². The molecule has 0 aromatic rings. The maximum absolute atomic E-state index is 9.83. The van der Waals surface area contributed by atoms with E-state index in [2.05, 4.69) is 22.3 Å². The fourth-order valence-corrected chi connectivity index (χ4v) is 1.03. The lowest BCUT2D eigenvalue weighted by atomic mass is 10.1. The molecule has 0 fully saturated rings. The van der Waals surface area contributed by atoms with Crippen molar-refractivity contribution in [1.82, 2.24) is 10.6 Å². The fraction of sp³-hybridized carbons (Fsp3) is 0.864. The lowest BCUT2D eigenvalue weighted by molar-refractivity contribution is -0.138. The van der Waals surface area contributed by atoms with Crippen LogP contribution in [0.15, 0.2) is 0 Å². The highest BCUT2D eigenvalue weighted by molar-refractivity contribution is 5.51. The van der Waals surface area contributed by atoms with E-state index in [9.17, 15) is 14.4 Å². The zero-order valence-electron chi connectivity index (χ0n) is 20.8. The summed E-state index contributed by atoms with van der Waals surface area (Å²) in [5.41, 5.74) is -0.276. The Morgan fingerprint density at radius 2 is 1.34 bits per heavy atom. The van der Waals surface area contributed by atoms with Gasteiger partial charge in [-0.05, 0) is 68.4 Å². The third-order valence-corrected chi connectivity index (χ3v) is 3.07. The first-order chi connectivity index (χ1) is 13.2. The number of carbonyl (C=O) groups is 3. The van der Waals surface area contributed by atoms with Crippen molar-refractivity contribution in [2.24, 2.45) is 5.92 Å². The Bertz CT molecular complexity index is 361. The standard InChI is InChI=1S/C8H18N2O.C5H10O2.C5H12O.C4H8O/c1-8(9-2)5-3-4-6-10-7-11;1-5(2,3)7-4-6;1-5(2,3)6-4;1-4(2)3-5/h7-9H,3-6H2,1-2H3,(H,10,11);4H,1-3H3;1-4H3;3-4H,1-2H3. The molecule has 0 saturated carbocycles. The average molecular weight is 421 g/mol. The van der Waals surface area contributed by atoms with Gasteiger partial charge in [-0.1, -0.05) is 20.3 Å². The number of methoxy groups -OCH3 is 1. The normalized spacial score (nSPS) is 11.3. The summed E-state index contributed by atoms with van der Waals surface area (Å²) >= 11 is 0. The molecule has 1 unspecified atom stereocenters. The molecule has 1 amide bonds. The maximum Gasteiger partial charge on any atom is 0.293 e. The number of amides is 1. The van der Waals surface area contributed by atoms with E-state index in [1.165, 1.54) is 12.8 Å². The number of carbonyl (C=O) groups excluding carboxylic acids is 3. The van der Waals surface area contributed by atoms with Crippen LogP contribution < -0.4 is 10.6 Å². The highest BCUT2D eigenvalue weighted by atomic mass is 16.5. The fourth-order valence-electron chi connectivity index (χ4n) is 1.03. The molecule has 1 atom stereocenters. The Hall–Kier alpha value is -1.47. The Morgan fingerprint density at radius 3 is 1.55 bits per heavy atom. The first kappa shape index (κ1) is 35.0. The van der Waals surface area contributed by atoms with Crippen molar-refractivity contribution >= 4 is 19.2 Å². The molecular formula is C22H48N2O5. The van der Waals surface area contributed by atoms with Crippen molar-refractivity contribution in [1.29, 1.82) is 0 Å². The van der Waals surface area contributed by atoms with Crippen LogP contribution in [0.5, 0.6) is 0 Å². The van der Waals surface area contributed by atoms with Gasteiger partial charge >= 0.3 is 0 Å². The highest BCUT2D eigenvalue weighted by Gasteiger charge is 2.07. The summed E-state index contributed by atoms with van der Waals surface area (Å²) in [4.78, 5) is 28.9. The van der Waals surface area contributed by atoms with Crippen molar-refractivity contribution < 1.29 is 23.9 Å². The second kappa shape index (κ2) is 22.8. The minimum Gasteiger partial charge on any atom is -0.462 e. The number of nitrogens with one attached hydrogen (secondary N) is 2. The van der Waals surface area contributed by atoms with E-state index in [1.54, 1.807) is 7.11 Å². The summed E-state index contributed by atoms with van der Waals surface area (Å²) in [6, 6.07) is 0.589. The molecule has 0 spiro atoms. The van der Waals surface area contributed by atoms with Crippen LogP contribution in [-0.4, -0.2) is 57.1 Å². The van der Waals surface area contributed by atoms with Gasteiger partial charge in [-0.25, -0.2) is 0 Å². The minimum absolute atomic E-state index is 0.0417. The minimum atomic E-state index is -0.318. The SMILES string of the molecule is CC(C)(C)OC=O.CC(C)C=O.CNC(C)CCCCNC=O.COC(C)(C)C. The van der Waals surface area contributed by atoms with Crippen LogP contribution in [0, 0.1) is 5.92 Å². The lowest BCUT2D eigenvalue weighted by Gasteiger charge is -2.14. The zero-order chi connectivity index (χ0) is 23.9. The summed E-state index contributed by atoms with van der Waals surface area (Å²) in [6.45, 7) is 18.7. The van der Waals surface area contributed by atoms with Gasteiger partial charge in [0.15, 0.2) is 0 Å². The summed E-state index contributed by atoms with van der Waals surface area (Å²) < 4.78 is 9.49. The lowest BCUT2D eigenvalue weighted by Crippen LogP contribution is -2.21. The van der Waals surface area contributed by atoms with Crippen molar-refractivity contribution in [3.8, 4) is 0 Å². The Morgan fingerprint density at radius 1 is 0.897 bits per heavy atom. The molecule has 7 heteroatoms. The molecule has 2 N–H and O–H groups in total. The molecule has 7 nitrogen and oxygen atoms in total. The van der Waals surface area contributed by atoms with Gasteiger partial charge in [0.05, 0.1) is 5.60 Å². The quantitative estimate of drug-likeness (QED) is 0.436. The monoisotopic (exact) mass is 420 g/mol. The first-order valence-electron chi connectivity index (χ1n) is 10.2. The molecule has 0 bridgehead atoms. The average Bonchev–Trinajstić information content (AvgIpc) is 2.61. The molecule has 0 saturated heterocycles. The van der Waals surface area contributed by atoms with E-state index in [4.69, 9.17) is 4.74 Å². The molecule has 0 aliphatic rings. The van der Waals surface area contributed by atoms with Crippen LogP contribution in [0.25, 0.3) is 0 Å². The predicted molar refractivity (Wildman–Crippen MR) is 121 cm³/mol. The number of unbranched alkanes of at least 4 members (excludes halogenated alkanes) is 1. The second-order valence-electron chi connectivity index (χ2n) is 8.78. The topological polar surface area (TPSA) is 93.7 Å². The molecule has 29 heavy (non-hydrogen) atoms. The van der Waals surface area contributed by atoms with Gasteiger partial charge in [0, 0.05) is 25.6 Å². The van der Waals surface area contributed by atoms with Gasteiger partial charge < -0.3 is 24.9 Å². The van der Waals surface area contributed by atoms with E-state index in [-0.39, 0.29) is 17.1 Å². The van der Waals surface area contributed by atoms with E-state index in [0.717, 1.165) is 25.7 Å². The largest absolute Gasteiger partial charge is 0.462 e. The van der Waals surface area contributed by atoms with Gasteiger partial charge in [-0.15, -0.1) is 0 Å². The van der Waals surface area contributed by atoms with Gasteiger partial charge in [0.25, 0.3) is 6.47 Å². The van der Waals surface area contributed by atoms with Gasteiger partial charge in [0.1, 0.15) is 11.9 Å². The third kappa shape index (κ3) is 58.4. The van der Waals surface area contributed by atoms with Crippen molar-refractivity contribution in [3.63, 3.8) is 0 Å². The molecular weight excluding hydrogens is 372 g/mol. The summed E-state index contributed by atoms with van der Waals surface area (Å²) in [5.74, 6) is 0.204. The maximum atomic E-state index is 9.83. The van der Waals surface area contributed by atoms with E-state index in [1.807, 2.05) is 62.4 Å². The van der Waals surface area contributed by atoms with E-state index >= 15 is 0 Å². The van der Waals surface area contributed by atoms with Crippen molar-refractivity contribution in [3.05, 3.63) is 0 Å². The predicted octanol–water partition coefficient (Wildman–Crippen LogP) is 3.74. The van der Waals surface area contributed by atoms with Crippen LogP contribution in [0.4, 0.5) is 0 Å². The van der Waals surface area contributed by atoms with E-state index < -0.39 is 0 Å². The summed E-state index contributed by atoms with van der Waals surface area (Å²) in [6.07, 6.45) is 5.09. The van der Waals surface area contributed by atoms with Crippen LogP contribution >= 0.6 is 0 Å². The van der Waals surface area contributed by atoms with Crippen LogP contribution in [0.2, 0.25) is 0 Å². The molecule has 0 aliphatic carbocycles. The molecule has 176 valence electrons. The number of hydrogen-bond acceptors (Lipinski definition) is 6. The molecule has 0 radical (unpaired) electrons. The van der Waals surface area contributed by atoms with Gasteiger partial charge in [0.2, 0.25) is 6.41 Å². The number of hydrogen-bond donors (Lipinski definition) is 2. The summed E-state index contributed by atoms with van der Waals surface area (Å²) in [5, 5.41) is 5.80.